The first kappa shape index (κ1) is 16.1. The van der Waals surface area contributed by atoms with E-state index in [-0.39, 0.29) is 6.04 Å². The molecule has 0 radical (unpaired) electrons. The van der Waals surface area contributed by atoms with Gasteiger partial charge in [0.1, 0.15) is 0 Å². The molecule has 1 aliphatic heterocycles. The van der Waals surface area contributed by atoms with Crippen LogP contribution in [0.2, 0.25) is 0 Å². The van der Waals surface area contributed by atoms with Crippen LogP contribution in [0, 0.1) is 3.57 Å². The number of rotatable bonds is 1. The number of carbonyl (C=O) groups is 1. The van der Waals surface area contributed by atoms with E-state index in [1.54, 1.807) is 0 Å². The number of hydrogen-bond donors (Lipinski definition) is 1. The van der Waals surface area contributed by atoms with Gasteiger partial charge in [0, 0.05) is 26.8 Å². The van der Waals surface area contributed by atoms with Crippen molar-refractivity contribution < 1.29 is 4.79 Å². The Morgan fingerprint density at radius 3 is 2.62 bits per heavy atom. The molecule has 1 heterocycles. The number of carbonyl (C=O) groups excluding carboxylic acids is 1. The number of hydrogen-bond acceptors (Lipinski definition) is 2. The van der Waals surface area contributed by atoms with Crippen LogP contribution in [0.25, 0.3) is 16.3 Å². The lowest BCUT2D eigenvalue weighted by Crippen LogP contribution is -2.26. The second-order valence-electron chi connectivity index (χ2n) is 6.99. The third-order valence-electron chi connectivity index (χ3n) is 5.49. The Balaban J connectivity index is 1.81. The summed E-state index contributed by atoms with van der Waals surface area (Å²) in [6, 6.07) is 21.2. The van der Waals surface area contributed by atoms with Gasteiger partial charge in [-0.3, -0.25) is 4.79 Å². The molecule has 5 rings (SSSR count). The van der Waals surface area contributed by atoms with Crippen molar-refractivity contribution in [2.75, 3.05) is 5.32 Å². The summed E-state index contributed by atoms with van der Waals surface area (Å²) in [7, 11) is 0. The Hall–Kier alpha value is -2.14. The van der Waals surface area contributed by atoms with Gasteiger partial charge < -0.3 is 5.32 Å². The smallest absolute Gasteiger partial charge is 0.163 e. The number of Topliss-reactive ketones (excluding diaryl/α,β-unsaturated/α-hetero) is 1. The highest BCUT2D eigenvalue weighted by atomic mass is 127. The van der Waals surface area contributed by atoms with Crippen LogP contribution < -0.4 is 5.32 Å². The Morgan fingerprint density at radius 1 is 0.923 bits per heavy atom. The van der Waals surface area contributed by atoms with Crippen LogP contribution in [-0.4, -0.2) is 5.78 Å². The van der Waals surface area contributed by atoms with Crippen LogP contribution in [0.4, 0.5) is 5.69 Å². The van der Waals surface area contributed by atoms with Crippen molar-refractivity contribution in [1.82, 2.24) is 0 Å². The van der Waals surface area contributed by atoms with Crippen molar-refractivity contribution in [2.24, 2.45) is 0 Å². The zero-order valence-corrected chi connectivity index (χ0v) is 16.4. The molecular formula is C23H18INO. The van der Waals surface area contributed by atoms with E-state index >= 15 is 0 Å². The fourth-order valence-corrected chi connectivity index (χ4v) is 5.03. The lowest BCUT2D eigenvalue weighted by Gasteiger charge is -2.35. The second kappa shape index (κ2) is 6.23. The van der Waals surface area contributed by atoms with Crippen LogP contribution in [0.3, 0.4) is 0 Å². The van der Waals surface area contributed by atoms with Gasteiger partial charge in [-0.05, 0) is 69.5 Å². The minimum Gasteiger partial charge on any atom is -0.374 e. The summed E-state index contributed by atoms with van der Waals surface area (Å²) >= 11 is 2.40. The lowest BCUT2D eigenvalue weighted by atomic mass is 9.77. The van der Waals surface area contributed by atoms with Crippen LogP contribution >= 0.6 is 22.6 Å². The van der Waals surface area contributed by atoms with E-state index in [2.05, 4.69) is 88.6 Å². The maximum absolute atomic E-state index is 13.0. The highest BCUT2D eigenvalue weighted by molar-refractivity contribution is 14.1. The first-order chi connectivity index (χ1) is 12.7. The first-order valence-electron chi connectivity index (χ1n) is 9.03. The molecule has 0 bridgehead atoms. The Morgan fingerprint density at radius 2 is 1.73 bits per heavy atom. The molecule has 0 aromatic heterocycles. The molecule has 0 amide bonds. The molecule has 0 saturated carbocycles. The molecule has 0 fully saturated rings. The van der Waals surface area contributed by atoms with Gasteiger partial charge in [-0.15, -0.1) is 0 Å². The molecule has 0 saturated heterocycles. The van der Waals surface area contributed by atoms with Gasteiger partial charge in [0.25, 0.3) is 0 Å². The van der Waals surface area contributed by atoms with Gasteiger partial charge in [-0.25, -0.2) is 0 Å². The van der Waals surface area contributed by atoms with Gasteiger partial charge in [-0.2, -0.15) is 0 Å². The van der Waals surface area contributed by atoms with E-state index in [9.17, 15) is 4.79 Å². The fraction of sp³-hybridized carbons (Fsp3) is 0.174. The van der Waals surface area contributed by atoms with Gasteiger partial charge in [-0.1, -0.05) is 48.5 Å². The lowest BCUT2D eigenvalue weighted by molar-refractivity contribution is -0.114. The molecule has 1 unspecified atom stereocenters. The number of ketones is 1. The zero-order chi connectivity index (χ0) is 17.7. The van der Waals surface area contributed by atoms with Crippen molar-refractivity contribution in [3.8, 4) is 0 Å². The van der Waals surface area contributed by atoms with Crippen molar-refractivity contribution in [3.05, 3.63) is 80.9 Å². The van der Waals surface area contributed by atoms with Crippen molar-refractivity contribution in [2.45, 2.75) is 25.3 Å². The fourth-order valence-electron chi connectivity index (χ4n) is 4.34. The third-order valence-corrected chi connectivity index (χ3v) is 6.48. The minimum atomic E-state index is 0.0796. The maximum Gasteiger partial charge on any atom is 0.163 e. The molecule has 0 spiro atoms. The number of halogens is 1. The molecule has 3 aromatic rings. The van der Waals surface area contributed by atoms with Crippen molar-refractivity contribution >= 4 is 50.4 Å². The number of allylic oxidation sites excluding steroid dienone is 1. The average molecular weight is 451 g/mol. The van der Waals surface area contributed by atoms with E-state index < -0.39 is 0 Å². The van der Waals surface area contributed by atoms with E-state index in [0.717, 1.165) is 29.7 Å². The first-order valence-corrected chi connectivity index (χ1v) is 10.1. The van der Waals surface area contributed by atoms with E-state index in [1.165, 1.54) is 25.5 Å². The average Bonchev–Trinajstić information content (AvgIpc) is 2.67. The summed E-state index contributed by atoms with van der Waals surface area (Å²) in [5, 5.41) is 6.11. The van der Waals surface area contributed by atoms with Gasteiger partial charge >= 0.3 is 0 Å². The molecular weight excluding hydrogens is 433 g/mol. The highest BCUT2D eigenvalue weighted by Crippen LogP contribution is 2.48. The monoisotopic (exact) mass is 451 g/mol. The van der Waals surface area contributed by atoms with Gasteiger partial charge in [0.2, 0.25) is 0 Å². The number of fused-ring (bicyclic) bond motifs is 4. The molecule has 1 atom stereocenters. The van der Waals surface area contributed by atoms with Crippen LogP contribution in [0.15, 0.2) is 66.2 Å². The number of nitrogens with one attached hydrogen (secondary N) is 1. The van der Waals surface area contributed by atoms with Gasteiger partial charge in [0.05, 0.1) is 6.04 Å². The molecule has 3 heteroatoms. The summed E-state index contributed by atoms with van der Waals surface area (Å²) in [6.45, 7) is 0. The maximum atomic E-state index is 13.0. The zero-order valence-electron chi connectivity index (χ0n) is 14.3. The van der Waals surface area contributed by atoms with Crippen molar-refractivity contribution in [1.29, 1.82) is 0 Å². The summed E-state index contributed by atoms with van der Waals surface area (Å²) < 4.78 is 1.23. The number of benzene rings is 3. The largest absolute Gasteiger partial charge is 0.374 e. The Kier molecular flexibility index (Phi) is 3.85. The SMILES string of the molecule is O=C1CCCC2=C1c1c(ccc3ccccc13)NC2c1ccccc1I. The summed E-state index contributed by atoms with van der Waals surface area (Å²) in [5.74, 6) is 0.293. The topological polar surface area (TPSA) is 29.1 Å². The Bertz CT molecular complexity index is 1080. The van der Waals surface area contributed by atoms with E-state index in [0.29, 0.717) is 12.2 Å². The standard InChI is InChI=1S/C23H18INO/c24-18-10-4-3-8-16(18)23-17-9-5-11-20(26)22(17)21-15-7-2-1-6-14(15)12-13-19(21)25-23/h1-4,6-8,10,12-13,23,25H,5,9,11H2. The van der Waals surface area contributed by atoms with Crippen molar-refractivity contribution in [3.63, 3.8) is 0 Å². The summed E-state index contributed by atoms with van der Waals surface area (Å²) in [6.07, 6.45) is 2.58. The highest BCUT2D eigenvalue weighted by Gasteiger charge is 2.34. The van der Waals surface area contributed by atoms with E-state index in [1.807, 2.05) is 0 Å². The van der Waals surface area contributed by atoms with Crippen LogP contribution in [0.5, 0.6) is 0 Å². The van der Waals surface area contributed by atoms with E-state index in [4.69, 9.17) is 0 Å². The predicted molar refractivity (Wildman–Crippen MR) is 115 cm³/mol. The minimum absolute atomic E-state index is 0.0796. The molecule has 128 valence electrons. The molecule has 2 nitrogen and oxygen atoms in total. The van der Waals surface area contributed by atoms with Gasteiger partial charge in [0.15, 0.2) is 5.78 Å². The quantitative estimate of drug-likeness (QED) is 0.452. The normalized spacial score (nSPS) is 19.1. The summed E-state index contributed by atoms with van der Waals surface area (Å²) in [4.78, 5) is 13.0. The molecule has 2 aliphatic rings. The molecule has 1 N–H and O–H groups in total. The molecule has 26 heavy (non-hydrogen) atoms. The predicted octanol–water partition coefficient (Wildman–Crippen LogP) is 6.12. The number of anilines is 1. The second-order valence-corrected chi connectivity index (χ2v) is 8.15. The summed E-state index contributed by atoms with van der Waals surface area (Å²) in [5.41, 5.74) is 5.65. The molecule has 1 aliphatic carbocycles. The molecule has 3 aromatic carbocycles. The Labute approximate surface area is 166 Å². The van der Waals surface area contributed by atoms with Crippen LogP contribution in [-0.2, 0) is 4.79 Å². The van der Waals surface area contributed by atoms with Crippen LogP contribution in [0.1, 0.15) is 36.4 Å². The third kappa shape index (κ3) is 2.41.